The molecule has 2 aliphatic heterocycles. The first-order chi connectivity index (χ1) is 17.9. The molecule has 0 saturated carbocycles. The molecule has 15 heteroatoms. The maximum Gasteiger partial charge on any atom is 0.522 e. The Morgan fingerprint density at radius 3 is 2.42 bits per heavy atom. The second-order valence-corrected chi connectivity index (χ2v) is 8.82. The highest BCUT2D eigenvalue weighted by atomic mass is 19.4. The van der Waals surface area contributed by atoms with Crippen LogP contribution < -0.4 is 21.3 Å². The van der Waals surface area contributed by atoms with Crippen molar-refractivity contribution in [3.63, 3.8) is 0 Å². The van der Waals surface area contributed by atoms with Crippen LogP contribution in [-0.4, -0.2) is 73.7 Å². The third-order valence-electron chi connectivity index (χ3n) is 6.22. The van der Waals surface area contributed by atoms with Gasteiger partial charge in [0.2, 0.25) is 11.8 Å². The molecule has 2 unspecified atom stereocenters. The largest absolute Gasteiger partial charge is 0.522 e. The Balaban J connectivity index is 1.76. The third kappa shape index (κ3) is 7.71. The number of rotatable bonds is 9. The van der Waals surface area contributed by atoms with Gasteiger partial charge in [0, 0.05) is 38.5 Å². The molecule has 0 aliphatic carbocycles. The summed E-state index contributed by atoms with van der Waals surface area (Å²) in [6.07, 6.45) is -5.38. The van der Waals surface area contributed by atoms with E-state index in [-0.39, 0.29) is 38.2 Å². The molecule has 38 heavy (non-hydrogen) atoms. The van der Waals surface area contributed by atoms with Crippen LogP contribution >= 0.6 is 0 Å². The number of para-hydroxylation sites is 1. The van der Waals surface area contributed by atoms with Gasteiger partial charge in [-0.25, -0.2) is 4.39 Å². The standard InChI is InChI=1S/C23H26F4N4O7/c24-14-3-1-2-4-15(14)29-19(34)20(35)31-22(6-9-37-10-7-22)21(36)30-16(11-13-5-8-28-18(13)33)17(32)12-38-23(25,26)27/h1-4,13,16H,5-12H2,(H,28,33)(H,29,34)(H,30,36)(H,31,35). The molecule has 11 nitrogen and oxygen atoms in total. The molecule has 4 N–H and O–H groups in total. The smallest absolute Gasteiger partial charge is 0.381 e. The van der Waals surface area contributed by atoms with Crippen LogP contribution in [0.3, 0.4) is 0 Å². The van der Waals surface area contributed by atoms with Gasteiger partial charge in [0.15, 0.2) is 5.78 Å². The van der Waals surface area contributed by atoms with E-state index in [4.69, 9.17) is 4.74 Å². The van der Waals surface area contributed by atoms with E-state index in [0.29, 0.717) is 13.0 Å². The summed E-state index contributed by atoms with van der Waals surface area (Å²) in [5.74, 6) is -6.63. The average molecular weight is 546 g/mol. The summed E-state index contributed by atoms with van der Waals surface area (Å²) in [6, 6.07) is 3.52. The second kappa shape index (κ2) is 12.3. The predicted molar refractivity (Wildman–Crippen MR) is 121 cm³/mol. The van der Waals surface area contributed by atoms with Gasteiger partial charge in [-0.15, -0.1) is 13.2 Å². The van der Waals surface area contributed by atoms with Crippen LogP contribution in [0.2, 0.25) is 0 Å². The lowest BCUT2D eigenvalue weighted by Gasteiger charge is -2.37. The minimum atomic E-state index is -5.10. The van der Waals surface area contributed by atoms with Gasteiger partial charge in [0.25, 0.3) is 0 Å². The van der Waals surface area contributed by atoms with Crippen molar-refractivity contribution in [3.8, 4) is 0 Å². The van der Waals surface area contributed by atoms with E-state index in [1.165, 1.54) is 18.2 Å². The van der Waals surface area contributed by atoms with Crippen molar-refractivity contribution in [3.05, 3.63) is 30.1 Å². The summed E-state index contributed by atoms with van der Waals surface area (Å²) in [4.78, 5) is 63.0. The first kappa shape index (κ1) is 29.0. The molecule has 2 fully saturated rings. The number of carbonyl (C=O) groups is 5. The van der Waals surface area contributed by atoms with Gasteiger partial charge >= 0.3 is 18.2 Å². The zero-order chi connectivity index (χ0) is 27.9. The van der Waals surface area contributed by atoms with E-state index < -0.39 is 65.7 Å². The Morgan fingerprint density at radius 2 is 1.82 bits per heavy atom. The molecule has 0 bridgehead atoms. The average Bonchev–Trinajstić information content (AvgIpc) is 3.27. The number of Topliss-reactive ketones (excluding diaryl/α,β-unsaturated/α-hetero) is 1. The van der Waals surface area contributed by atoms with E-state index in [0.717, 1.165) is 6.07 Å². The van der Waals surface area contributed by atoms with E-state index in [2.05, 4.69) is 26.0 Å². The summed E-state index contributed by atoms with van der Waals surface area (Å²) in [5.41, 5.74) is -2.05. The molecule has 1 aromatic carbocycles. The topological polar surface area (TPSA) is 152 Å². The molecule has 0 spiro atoms. The van der Waals surface area contributed by atoms with Crippen LogP contribution in [0.25, 0.3) is 0 Å². The number of ether oxygens (including phenoxy) is 2. The fourth-order valence-electron chi connectivity index (χ4n) is 4.12. The van der Waals surface area contributed by atoms with Gasteiger partial charge in [-0.2, -0.15) is 0 Å². The Bertz CT molecular complexity index is 1080. The lowest BCUT2D eigenvalue weighted by molar-refractivity contribution is -0.321. The Labute approximate surface area is 214 Å². The fraction of sp³-hybridized carbons (Fsp3) is 0.522. The maximum atomic E-state index is 13.9. The second-order valence-electron chi connectivity index (χ2n) is 8.82. The Kier molecular flexibility index (Phi) is 9.38. The molecule has 3 rings (SSSR count). The minimum Gasteiger partial charge on any atom is -0.381 e. The lowest BCUT2D eigenvalue weighted by Crippen LogP contribution is -2.64. The van der Waals surface area contributed by atoms with Gasteiger partial charge in [-0.1, -0.05) is 12.1 Å². The van der Waals surface area contributed by atoms with Gasteiger partial charge < -0.3 is 26.0 Å². The van der Waals surface area contributed by atoms with Crippen molar-refractivity contribution in [2.75, 3.05) is 31.7 Å². The fourth-order valence-corrected chi connectivity index (χ4v) is 4.12. The van der Waals surface area contributed by atoms with Crippen molar-refractivity contribution in [2.24, 2.45) is 5.92 Å². The van der Waals surface area contributed by atoms with Crippen LogP contribution in [0.5, 0.6) is 0 Å². The van der Waals surface area contributed by atoms with Crippen LogP contribution in [-0.2, 0) is 33.4 Å². The van der Waals surface area contributed by atoms with Gasteiger partial charge in [0.05, 0.1) is 11.7 Å². The highest BCUT2D eigenvalue weighted by Crippen LogP contribution is 2.24. The van der Waals surface area contributed by atoms with Crippen LogP contribution in [0.15, 0.2) is 24.3 Å². The van der Waals surface area contributed by atoms with Crippen molar-refractivity contribution < 1.29 is 51.0 Å². The summed E-state index contributed by atoms with van der Waals surface area (Å²) < 4.78 is 60.2. The highest BCUT2D eigenvalue weighted by Gasteiger charge is 2.45. The number of hydrogen-bond acceptors (Lipinski definition) is 7. The number of halogens is 4. The molecule has 0 radical (unpaired) electrons. The third-order valence-corrected chi connectivity index (χ3v) is 6.22. The summed E-state index contributed by atoms with van der Waals surface area (Å²) >= 11 is 0. The van der Waals surface area contributed by atoms with Gasteiger partial charge in [-0.05, 0) is 25.0 Å². The quantitative estimate of drug-likeness (QED) is 0.261. The number of ketones is 1. The van der Waals surface area contributed by atoms with Gasteiger partial charge in [0.1, 0.15) is 18.0 Å². The number of nitrogens with one attached hydrogen (secondary N) is 4. The van der Waals surface area contributed by atoms with Crippen molar-refractivity contribution in [2.45, 2.75) is 43.6 Å². The Hall–Kier alpha value is -3.59. The molecular weight excluding hydrogens is 520 g/mol. The van der Waals surface area contributed by atoms with Crippen molar-refractivity contribution in [1.29, 1.82) is 0 Å². The van der Waals surface area contributed by atoms with E-state index in [9.17, 15) is 41.5 Å². The normalized spacial score (nSPS) is 19.7. The number of amides is 4. The lowest BCUT2D eigenvalue weighted by atomic mass is 9.87. The first-order valence-corrected chi connectivity index (χ1v) is 11.7. The van der Waals surface area contributed by atoms with E-state index in [1.54, 1.807) is 0 Å². The summed E-state index contributed by atoms with van der Waals surface area (Å²) in [7, 11) is 0. The molecule has 1 aromatic rings. The predicted octanol–water partition coefficient (Wildman–Crippen LogP) is 0.546. The molecule has 2 heterocycles. The number of anilines is 1. The number of benzene rings is 1. The zero-order valence-electron chi connectivity index (χ0n) is 20.0. The molecule has 4 amide bonds. The van der Waals surface area contributed by atoms with Crippen LogP contribution in [0, 0.1) is 11.7 Å². The van der Waals surface area contributed by atoms with E-state index in [1.807, 2.05) is 0 Å². The Morgan fingerprint density at radius 1 is 1.13 bits per heavy atom. The maximum absolute atomic E-state index is 13.9. The highest BCUT2D eigenvalue weighted by molar-refractivity contribution is 6.40. The first-order valence-electron chi connectivity index (χ1n) is 11.7. The zero-order valence-corrected chi connectivity index (χ0v) is 20.0. The van der Waals surface area contributed by atoms with Crippen LogP contribution in [0.1, 0.15) is 25.7 Å². The van der Waals surface area contributed by atoms with E-state index >= 15 is 0 Å². The SMILES string of the molecule is O=C(Nc1ccccc1F)C(=O)NC1(C(=O)NC(CC2CCNC2=O)C(=O)COC(F)(F)F)CCOCC1. The molecule has 0 aromatic heterocycles. The van der Waals surface area contributed by atoms with Crippen molar-refractivity contribution >= 4 is 35.1 Å². The molecule has 2 aliphatic rings. The monoisotopic (exact) mass is 546 g/mol. The van der Waals surface area contributed by atoms with Gasteiger partial charge in [-0.3, -0.25) is 28.7 Å². The number of hydrogen-bond donors (Lipinski definition) is 4. The summed E-state index contributed by atoms with van der Waals surface area (Å²) in [6.45, 7) is -1.16. The van der Waals surface area contributed by atoms with Crippen LogP contribution in [0.4, 0.5) is 23.2 Å². The molecule has 2 saturated heterocycles. The molecule has 208 valence electrons. The number of alkyl halides is 3. The molecular formula is C23H26F4N4O7. The molecule has 2 atom stereocenters. The number of carbonyl (C=O) groups excluding carboxylic acids is 5. The minimum absolute atomic E-state index is 0.0243. The summed E-state index contributed by atoms with van der Waals surface area (Å²) in [5, 5.41) is 9.27. The van der Waals surface area contributed by atoms with Crippen molar-refractivity contribution in [1.82, 2.24) is 16.0 Å².